The third-order valence-electron chi connectivity index (χ3n) is 5.46. The zero-order valence-electron chi connectivity index (χ0n) is 15.6. The number of benzene rings is 1. The van der Waals surface area contributed by atoms with E-state index in [2.05, 4.69) is 44.0 Å². The third-order valence-corrected chi connectivity index (χ3v) is 5.46. The number of quaternary nitrogens is 1. The molecule has 0 atom stereocenters. The number of piperazine rings is 2. The molecule has 0 radical (unpaired) electrons. The topological polar surface area (TPSA) is 57.0 Å². The number of hydrogen-bond donors (Lipinski definition) is 1. The van der Waals surface area contributed by atoms with Gasteiger partial charge in [-0.1, -0.05) is 18.2 Å². The molecule has 0 spiro atoms. The van der Waals surface area contributed by atoms with Gasteiger partial charge in [-0.25, -0.2) is 9.97 Å². The Hall–Kier alpha value is -2.67. The van der Waals surface area contributed by atoms with E-state index in [1.165, 1.54) is 10.6 Å². The van der Waals surface area contributed by atoms with Crippen molar-refractivity contribution >= 4 is 17.5 Å². The second-order valence-electron chi connectivity index (χ2n) is 7.17. The number of carbonyl (C=O) groups is 1. The summed E-state index contributed by atoms with van der Waals surface area (Å²) in [5.41, 5.74) is 1.24. The maximum Gasteiger partial charge on any atom is 0.277 e. The van der Waals surface area contributed by atoms with Crippen LogP contribution in [0, 0.1) is 0 Å². The lowest BCUT2D eigenvalue weighted by molar-refractivity contribution is -0.892. The molecular weight excluding hydrogens is 340 g/mol. The number of nitrogens with one attached hydrogen (secondary N) is 1. The molecule has 1 amide bonds. The van der Waals surface area contributed by atoms with Gasteiger partial charge in [0.05, 0.1) is 26.2 Å². The number of carbonyl (C=O) groups excluding carboxylic acids is 1. The monoisotopic (exact) mass is 367 g/mol. The lowest BCUT2D eigenvalue weighted by atomic mass is 10.2. The van der Waals surface area contributed by atoms with Crippen LogP contribution in [0.5, 0.6) is 0 Å². The highest BCUT2D eigenvalue weighted by Crippen LogP contribution is 2.15. The van der Waals surface area contributed by atoms with Crippen molar-refractivity contribution in [1.82, 2.24) is 14.9 Å². The Labute approximate surface area is 160 Å². The van der Waals surface area contributed by atoms with Gasteiger partial charge in [0.15, 0.2) is 6.54 Å². The van der Waals surface area contributed by atoms with E-state index in [-0.39, 0.29) is 5.91 Å². The van der Waals surface area contributed by atoms with Gasteiger partial charge in [-0.05, 0) is 18.2 Å². The summed E-state index contributed by atoms with van der Waals surface area (Å²) in [6, 6.07) is 12.3. The molecule has 1 N–H and O–H groups in total. The first kappa shape index (κ1) is 17.7. The molecule has 1 aromatic heterocycles. The number of amides is 1. The maximum atomic E-state index is 12.7. The fourth-order valence-corrected chi connectivity index (χ4v) is 3.83. The first-order valence-corrected chi connectivity index (χ1v) is 9.73. The molecule has 4 rings (SSSR count). The minimum atomic E-state index is 0.280. The molecule has 2 aromatic rings. The van der Waals surface area contributed by atoms with E-state index < -0.39 is 0 Å². The summed E-state index contributed by atoms with van der Waals surface area (Å²) in [5, 5.41) is 0. The van der Waals surface area contributed by atoms with Gasteiger partial charge in [0.1, 0.15) is 0 Å². The Morgan fingerprint density at radius 1 is 0.852 bits per heavy atom. The highest BCUT2D eigenvalue weighted by Gasteiger charge is 2.27. The van der Waals surface area contributed by atoms with Crippen LogP contribution in [0.4, 0.5) is 11.6 Å². The van der Waals surface area contributed by atoms with Crippen LogP contribution >= 0.6 is 0 Å². The molecule has 2 aliphatic heterocycles. The fourth-order valence-electron chi connectivity index (χ4n) is 3.83. The van der Waals surface area contributed by atoms with E-state index >= 15 is 0 Å². The van der Waals surface area contributed by atoms with Crippen molar-refractivity contribution in [1.29, 1.82) is 0 Å². The Kier molecular flexibility index (Phi) is 5.48. The lowest BCUT2D eigenvalue weighted by Crippen LogP contribution is -3.16. The fraction of sp³-hybridized carbons (Fsp3) is 0.450. The molecule has 0 unspecified atom stereocenters. The number of hydrogen-bond acceptors (Lipinski definition) is 5. The van der Waals surface area contributed by atoms with Crippen LogP contribution in [0.1, 0.15) is 0 Å². The summed E-state index contributed by atoms with van der Waals surface area (Å²) in [4.78, 5) is 29.3. The second-order valence-corrected chi connectivity index (χ2v) is 7.17. The van der Waals surface area contributed by atoms with Crippen molar-refractivity contribution in [3.05, 3.63) is 48.8 Å². The van der Waals surface area contributed by atoms with E-state index in [1.54, 1.807) is 12.4 Å². The quantitative estimate of drug-likeness (QED) is 0.792. The molecule has 0 aliphatic carbocycles. The summed E-state index contributed by atoms with van der Waals surface area (Å²) in [5.74, 6) is 1.07. The van der Waals surface area contributed by atoms with Gasteiger partial charge in [0.25, 0.3) is 5.91 Å². The molecule has 27 heavy (non-hydrogen) atoms. The van der Waals surface area contributed by atoms with Crippen molar-refractivity contribution in [2.24, 2.45) is 0 Å². The van der Waals surface area contributed by atoms with Crippen molar-refractivity contribution in [3.8, 4) is 0 Å². The Balaban J connectivity index is 1.22. The van der Waals surface area contributed by atoms with Crippen molar-refractivity contribution in [2.75, 3.05) is 68.7 Å². The van der Waals surface area contributed by atoms with Crippen molar-refractivity contribution in [2.45, 2.75) is 0 Å². The average molecular weight is 367 g/mol. The summed E-state index contributed by atoms with van der Waals surface area (Å²) in [6.45, 7) is 7.73. The lowest BCUT2D eigenvalue weighted by Gasteiger charge is -2.37. The zero-order chi connectivity index (χ0) is 18.5. The average Bonchev–Trinajstić information content (AvgIpc) is 2.76. The summed E-state index contributed by atoms with van der Waals surface area (Å²) < 4.78 is 0. The van der Waals surface area contributed by atoms with Crippen molar-refractivity contribution < 1.29 is 9.69 Å². The van der Waals surface area contributed by atoms with Crippen LogP contribution in [-0.2, 0) is 4.79 Å². The minimum absolute atomic E-state index is 0.280. The Morgan fingerprint density at radius 3 is 2.19 bits per heavy atom. The first-order chi connectivity index (χ1) is 13.3. The predicted octanol–water partition coefficient (Wildman–Crippen LogP) is -0.470. The van der Waals surface area contributed by atoms with E-state index in [1.807, 2.05) is 17.0 Å². The Bertz CT molecular complexity index is 725. The van der Waals surface area contributed by atoms with E-state index in [0.717, 1.165) is 58.3 Å². The van der Waals surface area contributed by atoms with Crippen LogP contribution in [-0.4, -0.2) is 79.7 Å². The van der Waals surface area contributed by atoms with Gasteiger partial charge in [-0.2, -0.15) is 0 Å². The molecular formula is C20H27N6O+. The van der Waals surface area contributed by atoms with Gasteiger partial charge in [0.2, 0.25) is 5.95 Å². The number of para-hydroxylation sites is 1. The van der Waals surface area contributed by atoms with Gasteiger partial charge >= 0.3 is 0 Å². The number of aromatic nitrogens is 2. The van der Waals surface area contributed by atoms with E-state index in [9.17, 15) is 4.79 Å². The molecule has 3 heterocycles. The van der Waals surface area contributed by atoms with Crippen LogP contribution < -0.4 is 14.7 Å². The van der Waals surface area contributed by atoms with Crippen LogP contribution in [0.2, 0.25) is 0 Å². The highest BCUT2D eigenvalue weighted by molar-refractivity contribution is 5.77. The SMILES string of the molecule is O=C(C[NH+]1CCN(c2ncccn2)CC1)N1CCN(c2ccccc2)CC1. The van der Waals surface area contributed by atoms with Crippen LogP contribution in [0.15, 0.2) is 48.8 Å². The van der Waals surface area contributed by atoms with E-state index in [4.69, 9.17) is 0 Å². The summed E-state index contributed by atoms with van der Waals surface area (Å²) in [6.07, 6.45) is 3.56. The third kappa shape index (κ3) is 4.36. The summed E-state index contributed by atoms with van der Waals surface area (Å²) in [7, 11) is 0. The van der Waals surface area contributed by atoms with Gasteiger partial charge in [-0.15, -0.1) is 0 Å². The minimum Gasteiger partial charge on any atom is -0.368 e. The molecule has 1 aromatic carbocycles. The largest absolute Gasteiger partial charge is 0.368 e. The van der Waals surface area contributed by atoms with Crippen LogP contribution in [0.3, 0.4) is 0 Å². The second kappa shape index (κ2) is 8.35. The Morgan fingerprint density at radius 2 is 1.52 bits per heavy atom. The number of anilines is 2. The molecule has 7 heteroatoms. The molecule has 0 saturated carbocycles. The highest BCUT2D eigenvalue weighted by atomic mass is 16.2. The molecule has 2 fully saturated rings. The smallest absolute Gasteiger partial charge is 0.277 e. The molecule has 2 saturated heterocycles. The predicted molar refractivity (Wildman–Crippen MR) is 105 cm³/mol. The maximum absolute atomic E-state index is 12.7. The molecule has 0 bridgehead atoms. The standard InChI is InChI=1S/C20H26N6O/c27-19(25-15-13-24(14-16-25)18-5-2-1-3-6-18)17-23-9-11-26(12-10-23)20-21-7-4-8-22-20/h1-8H,9-17H2/p+1. The van der Waals surface area contributed by atoms with Crippen LogP contribution in [0.25, 0.3) is 0 Å². The van der Waals surface area contributed by atoms with E-state index in [0.29, 0.717) is 6.54 Å². The van der Waals surface area contributed by atoms with Gasteiger partial charge in [0, 0.05) is 44.3 Å². The number of rotatable bonds is 4. The zero-order valence-corrected chi connectivity index (χ0v) is 15.6. The normalized spacial score (nSPS) is 18.6. The summed E-state index contributed by atoms with van der Waals surface area (Å²) >= 11 is 0. The van der Waals surface area contributed by atoms with Crippen molar-refractivity contribution in [3.63, 3.8) is 0 Å². The molecule has 142 valence electrons. The molecule has 7 nitrogen and oxygen atoms in total. The first-order valence-electron chi connectivity index (χ1n) is 9.73. The molecule has 2 aliphatic rings. The number of nitrogens with zero attached hydrogens (tertiary/aromatic N) is 5. The van der Waals surface area contributed by atoms with Gasteiger partial charge in [-0.3, -0.25) is 4.79 Å². The van der Waals surface area contributed by atoms with Gasteiger partial charge < -0.3 is 19.6 Å².